The van der Waals surface area contributed by atoms with Crippen molar-refractivity contribution in [1.29, 1.82) is 0 Å². The molecule has 0 unspecified atom stereocenters. The maximum Gasteiger partial charge on any atom is 0.174 e. The molecule has 33 heavy (non-hydrogen) atoms. The molecule has 0 aliphatic carbocycles. The summed E-state index contributed by atoms with van der Waals surface area (Å²) >= 11 is 5.73. The maximum atomic E-state index is 14.9. The number of nitrogens with zero attached hydrogens (tertiary/aromatic N) is 3. The average Bonchev–Trinajstić information content (AvgIpc) is 3.15. The van der Waals surface area contributed by atoms with E-state index in [0.717, 1.165) is 11.3 Å². The number of hydrogen-bond acceptors (Lipinski definition) is 3. The molecule has 0 saturated carbocycles. The van der Waals surface area contributed by atoms with E-state index in [9.17, 15) is 4.39 Å². The molecule has 1 saturated heterocycles. The zero-order valence-corrected chi connectivity index (χ0v) is 20.0. The molecule has 0 bridgehead atoms. The van der Waals surface area contributed by atoms with E-state index in [1.165, 1.54) is 22.9 Å². The molecule has 6 heteroatoms. The van der Waals surface area contributed by atoms with Crippen LogP contribution in [0.3, 0.4) is 0 Å². The third kappa shape index (κ3) is 3.59. The number of anilines is 2. The molecule has 2 atom stereocenters. The van der Waals surface area contributed by atoms with Crippen molar-refractivity contribution in [2.45, 2.75) is 38.4 Å². The van der Waals surface area contributed by atoms with Gasteiger partial charge in [0.25, 0.3) is 0 Å². The fraction of sp³-hybridized carbons (Fsp3) is 0.259. The van der Waals surface area contributed by atoms with Crippen LogP contribution in [0.2, 0.25) is 0 Å². The zero-order chi connectivity index (χ0) is 23.3. The highest BCUT2D eigenvalue weighted by molar-refractivity contribution is 7.80. The van der Waals surface area contributed by atoms with Gasteiger partial charge < -0.3 is 15.1 Å². The Morgan fingerprint density at radius 1 is 1.03 bits per heavy atom. The number of fused-ring (bicyclic) bond motifs is 1. The van der Waals surface area contributed by atoms with Crippen LogP contribution in [0.15, 0.2) is 72.9 Å². The van der Waals surface area contributed by atoms with Gasteiger partial charge in [-0.05, 0) is 80.5 Å². The Morgan fingerprint density at radius 3 is 2.52 bits per heavy atom. The zero-order valence-electron chi connectivity index (χ0n) is 19.2. The van der Waals surface area contributed by atoms with Gasteiger partial charge in [-0.2, -0.15) is 0 Å². The Labute approximate surface area is 199 Å². The molecule has 2 aliphatic rings. The summed E-state index contributed by atoms with van der Waals surface area (Å²) in [4.78, 5) is 8.78. The number of pyridine rings is 1. The first-order valence-electron chi connectivity index (χ1n) is 11.1. The maximum absolute atomic E-state index is 14.9. The predicted molar refractivity (Wildman–Crippen MR) is 137 cm³/mol. The fourth-order valence-electron chi connectivity index (χ4n) is 4.96. The van der Waals surface area contributed by atoms with Crippen LogP contribution >= 0.6 is 12.2 Å². The number of para-hydroxylation sites is 1. The number of aromatic nitrogens is 1. The monoisotopic (exact) mass is 458 g/mol. The van der Waals surface area contributed by atoms with E-state index in [1.807, 2.05) is 29.2 Å². The van der Waals surface area contributed by atoms with E-state index in [-0.39, 0.29) is 23.4 Å². The first kappa shape index (κ1) is 21.6. The number of benzene rings is 2. The van der Waals surface area contributed by atoms with E-state index in [2.05, 4.69) is 67.3 Å². The summed E-state index contributed by atoms with van der Waals surface area (Å²) in [6.45, 7) is 6.58. The summed E-state index contributed by atoms with van der Waals surface area (Å²) in [7, 11) is 2.12. The molecule has 1 fully saturated rings. The normalized spacial score (nSPS) is 21.5. The highest BCUT2D eigenvalue weighted by Gasteiger charge is 2.42. The van der Waals surface area contributed by atoms with Crippen LogP contribution in [-0.4, -0.2) is 22.7 Å². The second kappa shape index (κ2) is 7.96. The van der Waals surface area contributed by atoms with Crippen LogP contribution < -0.4 is 15.1 Å². The van der Waals surface area contributed by atoms with Crippen molar-refractivity contribution in [2.24, 2.45) is 0 Å². The smallest absolute Gasteiger partial charge is 0.174 e. The number of nitrogens with one attached hydrogen (secondary N) is 1. The molecule has 1 aromatic heterocycles. The largest absolute Gasteiger partial charge is 0.366 e. The molecule has 2 aromatic carbocycles. The Kier molecular flexibility index (Phi) is 5.20. The number of allylic oxidation sites excluding steroid dienone is 1. The van der Waals surface area contributed by atoms with Crippen molar-refractivity contribution in [1.82, 2.24) is 10.3 Å². The molecular weight excluding hydrogens is 431 g/mol. The molecule has 0 spiro atoms. The van der Waals surface area contributed by atoms with E-state index in [4.69, 9.17) is 12.2 Å². The molecule has 0 radical (unpaired) electrons. The number of halogens is 1. The third-order valence-corrected chi connectivity index (χ3v) is 7.11. The first-order valence-corrected chi connectivity index (χ1v) is 11.5. The van der Waals surface area contributed by atoms with Crippen LogP contribution in [0.5, 0.6) is 0 Å². The second-order valence-electron chi connectivity index (χ2n) is 9.26. The Bertz CT molecular complexity index is 1250. The number of thiocarbonyl (C=S) groups is 1. The van der Waals surface area contributed by atoms with Crippen LogP contribution in [0.25, 0.3) is 5.57 Å². The first-order chi connectivity index (χ1) is 15.8. The quantitative estimate of drug-likeness (QED) is 0.485. The highest BCUT2D eigenvalue weighted by Crippen LogP contribution is 2.45. The van der Waals surface area contributed by atoms with Gasteiger partial charge >= 0.3 is 0 Å². The van der Waals surface area contributed by atoms with Crippen molar-refractivity contribution in [2.75, 3.05) is 16.8 Å². The van der Waals surface area contributed by atoms with Gasteiger partial charge in [-0.25, -0.2) is 4.39 Å². The van der Waals surface area contributed by atoms with E-state index < -0.39 is 0 Å². The minimum absolute atomic E-state index is 0.0647. The molecule has 0 amide bonds. The van der Waals surface area contributed by atoms with Gasteiger partial charge in [0.05, 0.1) is 29.0 Å². The van der Waals surface area contributed by atoms with Gasteiger partial charge in [0.1, 0.15) is 5.82 Å². The lowest BCUT2D eigenvalue weighted by atomic mass is 9.86. The summed E-state index contributed by atoms with van der Waals surface area (Å²) in [5.74, 6) is -0.302. The van der Waals surface area contributed by atoms with Gasteiger partial charge in [0, 0.05) is 24.5 Å². The Balaban J connectivity index is 1.67. The van der Waals surface area contributed by atoms with E-state index in [0.29, 0.717) is 10.8 Å². The average molecular weight is 459 g/mol. The molecule has 168 valence electrons. The predicted octanol–water partition coefficient (Wildman–Crippen LogP) is 6.03. The fourth-order valence-corrected chi connectivity index (χ4v) is 5.30. The molecular formula is C27H27FN4S. The lowest BCUT2D eigenvalue weighted by Crippen LogP contribution is -2.42. The number of rotatable bonds is 3. The van der Waals surface area contributed by atoms with E-state index in [1.54, 1.807) is 18.3 Å². The van der Waals surface area contributed by atoms with Crippen LogP contribution in [0.1, 0.15) is 49.7 Å². The number of likely N-dealkylation sites (N-methyl/N-ethyl adjacent to an activating group) is 1. The summed E-state index contributed by atoms with van der Waals surface area (Å²) in [5.41, 5.74) is 5.92. The molecule has 3 heterocycles. The second-order valence-corrected chi connectivity index (χ2v) is 9.65. The van der Waals surface area contributed by atoms with Crippen molar-refractivity contribution < 1.29 is 4.39 Å². The Hall–Kier alpha value is -3.25. The van der Waals surface area contributed by atoms with Crippen molar-refractivity contribution in [3.05, 3.63) is 95.6 Å². The van der Waals surface area contributed by atoms with Crippen LogP contribution in [0.4, 0.5) is 15.8 Å². The van der Waals surface area contributed by atoms with Crippen LogP contribution in [0, 0.1) is 5.82 Å². The van der Waals surface area contributed by atoms with Crippen molar-refractivity contribution in [3.8, 4) is 0 Å². The minimum Gasteiger partial charge on any atom is -0.366 e. The summed E-state index contributed by atoms with van der Waals surface area (Å²) in [6, 6.07) is 18.7. The number of hydrogen-bond donors (Lipinski definition) is 1. The molecule has 4 nitrogen and oxygen atoms in total. The molecule has 2 aliphatic heterocycles. The SMILES string of the molecule is CC1=CC(C)(C)N(C)c2ccc([C@@H]3[C@@H](c4ccccn4)NC(=S)N3c3ccccc3F)cc21. The summed E-state index contributed by atoms with van der Waals surface area (Å²) in [6.07, 6.45) is 4.07. The van der Waals surface area contributed by atoms with Gasteiger partial charge in [-0.3, -0.25) is 4.98 Å². The lowest BCUT2D eigenvalue weighted by Gasteiger charge is -2.41. The van der Waals surface area contributed by atoms with Crippen molar-refractivity contribution >= 4 is 34.3 Å². The molecule has 1 N–H and O–H groups in total. The lowest BCUT2D eigenvalue weighted by molar-refractivity contribution is 0.557. The van der Waals surface area contributed by atoms with Gasteiger partial charge in [0.2, 0.25) is 0 Å². The van der Waals surface area contributed by atoms with Gasteiger partial charge in [-0.15, -0.1) is 0 Å². The van der Waals surface area contributed by atoms with Crippen molar-refractivity contribution in [3.63, 3.8) is 0 Å². The summed E-state index contributed by atoms with van der Waals surface area (Å²) < 4.78 is 14.9. The van der Waals surface area contributed by atoms with E-state index >= 15 is 0 Å². The minimum atomic E-state index is -0.302. The van der Waals surface area contributed by atoms with Gasteiger partial charge in [0.15, 0.2) is 5.11 Å². The Morgan fingerprint density at radius 2 is 1.79 bits per heavy atom. The topological polar surface area (TPSA) is 31.4 Å². The summed E-state index contributed by atoms with van der Waals surface area (Å²) in [5, 5.41) is 3.90. The van der Waals surface area contributed by atoms with Gasteiger partial charge in [-0.1, -0.05) is 30.3 Å². The standard InChI is InChI=1S/C27H27FN4S/c1-17-16-27(2,3)31(4)22-13-12-18(15-19(17)22)25-24(21-10-7-8-14-29-21)30-26(33)32(25)23-11-6-5-9-20(23)28/h5-16,24-25H,1-4H3,(H,30,33)/t24-,25-/m1/s1. The molecule has 5 rings (SSSR count). The molecule has 3 aromatic rings. The highest BCUT2D eigenvalue weighted by atomic mass is 32.1. The third-order valence-electron chi connectivity index (χ3n) is 6.79. The van der Waals surface area contributed by atoms with Crippen LogP contribution in [-0.2, 0) is 0 Å².